The third-order valence-corrected chi connectivity index (χ3v) is 3.72. The van der Waals surface area contributed by atoms with E-state index < -0.39 is 0 Å². The zero-order valence-electron chi connectivity index (χ0n) is 12.9. The lowest BCUT2D eigenvalue weighted by Crippen LogP contribution is -2.24. The second-order valence-corrected chi connectivity index (χ2v) is 5.59. The zero-order chi connectivity index (χ0) is 15.1. The largest absolute Gasteiger partial charge is 0.388 e. The molecule has 1 atom stereocenters. The maximum Gasteiger partial charge on any atom is 0.0802 e. The fourth-order valence-corrected chi connectivity index (χ4v) is 2.26. The van der Waals surface area contributed by atoms with Crippen molar-refractivity contribution in [3.05, 3.63) is 65.5 Å². The van der Waals surface area contributed by atoms with E-state index in [0.717, 1.165) is 37.2 Å². The molecule has 1 heterocycles. The summed E-state index contributed by atoms with van der Waals surface area (Å²) in [7, 11) is 2.09. The molecule has 0 bridgehead atoms. The van der Waals surface area contributed by atoms with Crippen LogP contribution in [0.1, 0.15) is 29.3 Å². The summed E-state index contributed by atoms with van der Waals surface area (Å²) in [6.07, 6.45) is 3.14. The molecule has 2 aromatic rings. The Morgan fingerprint density at radius 2 is 1.86 bits per heavy atom. The zero-order valence-corrected chi connectivity index (χ0v) is 12.9. The number of nitrogens with zero attached hydrogens (tertiary/aromatic N) is 2. The minimum Gasteiger partial charge on any atom is -0.388 e. The highest BCUT2D eigenvalue weighted by atomic mass is 16.3. The Hall–Kier alpha value is -1.71. The summed E-state index contributed by atoms with van der Waals surface area (Å²) in [6.45, 7) is 3.89. The van der Waals surface area contributed by atoms with Crippen molar-refractivity contribution in [1.82, 2.24) is 9.88 Å². The van der Waals surface area contributed by atoms with Crippen LogP contribution in [0.15, 0.2) is 48.7 Å². The van der Waals surface area contributed by atoms with Crippen molar-refractivity contribution < 1.29 is 5.11 Å². The van der Waals surface area contributed by atoms with Gasteiger partial charge in [0, 0.05) is 31.4 Å². The van der Waals surface area contributed by atoms with E-state index in [0.29, 0.717) is 0 Å². The Morgan fingerprint density at radius 1 is 1.10 bits per heavy atom. The Kier molecular flexibility index (Phi) is 5.90. The lowest BCUT2D eigenvalue weighted by Gasteiger charge is -2.19. The lowest BCUT2D eigenvalue weighted by molar-refractivity contribution is 0.149. The minimum absolute atomic E-state index is 0.386. The van der Waals surface area contributed by atoms with Gasteiger partial charge < -0.3 is 10.0 Å². The van der Waals surface area contributed by atoms with E-state index in [2.05, 4.69) is 29.9 Å². The predicted octanol–water partition coefficient (Wildman–Crippen LogP) is 2.99. The van der Waals surface area contributed by atoms with E-state index >= 15 is 0 Å². The van der Waals surface area contributed by atoms with Crippen molar-refractivity contribution in [3.8, 4) is 0 Å². The van der Waals surface area contributed by atoms with Crippen molar-refractivity contribution >= 4 is 0 Å². The lowest BCUT2D eigenvalue weighted by atomic mass is 10.0. The standard InChI is InChI=1S/C18H24N2O/c1-15-6-8-16(9-7-15)18(21)11-14-20(2)13-10-17-5-3-4-12-19-17/h3-9,12,18,21H,10-11,13-14H2,1-2H3. The van der Waals surface area contributed by atoms with Crippen molar-refractivity contribution in [3.63, 3.8) is 0 Å². The fourth-order valence-electron chi connectivity index (χ4n) is 2.26. The SMILES string of the molecule is Cc1ccc(C(O)CCN(C)CCc2ccccn2)cc1. The molecule has 0 spiro atoms. The Morgan fingerprint density at radius 3 is 2.52 bits per heavy atom. The molecule has 0 aliphatic carbocycles. The number of aryl methyl sites for hydroxylation is 1. The highest BCUT2D eigenvalue weighted by Gasteiger charge is 2.09. The summed E-state index contributed by atoms with van der Waals surface area (Å²) >= 11 is 0. The van der Waals surface area contributed by atoms with Crippen LogP contribution in [0.4, 0.5) is 0 Å². The summed E-state index contributed by atoms with van der Waals surface area (Å²) in [5, 5.41) is 10.2. The van der Waals surface area contributed by atoms with E-state index in [9.17, 15) is 5.11 Å². The van der Waals surface area contributed by atoms with Crippen LogP contribution < -0.4 is 0 Å². The van der Waals surface area contributed by atoms with Gasteiger partial charge in [-0.1, -0.05) is 35.9 Å². The summed E-state index contributed by atoms with van der Waals surface area (Å²) in [6, 6.07) is 14.1. The molecule has 2 rings (SSSR count). The average molecular weight is 284 g/mol. The van der Waals surface area contributed by atoms with Crippen LogP contribution in [0, 0.1) is 6.92 Å². The predicted molar refractivity (Wildman–Crippen MR) is 86.2 cm³/mol. The second-order valence-electron chi connectivity index (χ2n) is 5.59. The van der Waals surface area contributed by atoms with Crippen LogP contribution in [-0.2, 0) is 6.42 Å². The molecule has 3 heteroatoms. The Balaban J connectivity index is 1.73. The van der Waals surface area contributed by atoms with Crippen LogP contribution in [0.5, 0.6) is 0 Å². The molecule has 112 valence electrons. The monoisotopic (exact) mass is 284 g/mol. The van der Waals surface area contributed by atoms with Crippen LogP contribution in [-0.4, -0.2) is 35.1 Å². The number of pyridine rings is 1. The number of benzene rings is 1. The van der Waals surface area contributed by atoms with Crippen LogP contribution in [0.25, 0.3) is 0 Å². The summed E-state index contributed by atoms with van der Waals surface area (Å²) < 4.78 is 0. The number of aromatic nitrogens is 1. The third-order valence-electron chi connectivity index (χ3n) is 3.72. The maximum atomic E-state index is 10.2. The first-order valence-corrected chi connectivity index (χ1v) is 7.48. The topological polar surface area (TPSA) is 36.4 Å². The van der Waals surface area contributed by atoms with Crippen LogP contribution in [0.2, 0.25) is 0 Å². The molecule has 1 aromatic carbocycles. The number of aliphatic hydroxyl groups is 1. The van der Waals surface area contributed by atoms with Crippen molar-refractivity contribution in [1.29, 1.82) is 0 Å². The molecule has 0 aliphatic heterocycles. The molecule has 0 saturated carbocycles. The second kappa shape index (κ2) is 7.91. The number of aliphatic hydroxyl groups excluding tert-OH is 1. The number of hydrogen-bond acceptors (Lipinski definition) is 3. The van der Waals surface area contributed by atoms with Crippen LogP contribution in [0.3, 0.4) is 0 Å². The van der Waals surface area contributed by atoms with Gasteiger partial charge >= 0.3 is 0 Å². The van der Waals surface area contributed by atoms with Gasteiger partial charge in [0.05, 0.1) is 6.10 Å². The highest BCUT2D eigenvalue weighted by molar-refractivity contribution is 5.23. The normalized spacial score (nSPS) is 12.6. The number of hydrogen-bond donors (Lipinski definition) is 1. The molecular weight excluding hydrogens is 260 g/mol. The molecule has 0 aliphatic rings. The smallest absolute Gasteiger partial charge is 0.0802 e. The maximum absolute atomic E-state index is 10.2. The van der Waals surface area contributed by atoms with E-state index in [1.165, 1.54) is 5.56 Å². The molecular formula is C18H24N2O. The van der Waals surface area contributed by atoms with Crippen molar-refractivity contribution in [2.24, 2.45) is 0 Å². The van der Waals surface area contributed by atoms with E-state index in [4.69, 9.17) is 0 Å². The first-order chi connectivity index (χ1) is 10.1. The average Bonchev–Trinajstić information content (AvgIpc) is 2.52. The molecule has 21 heavy (non-hydrogen) atoms. The first kappa shape index (κ1) is 15.7. The Labute approximate surface area is 127 Å². The summed E-state index contributed by atoms with van der Waals surface area (Å²) in [4.78, 5) is 6.57. The van der Waals surface area contributed by atoms with Crippen molar-refractivity contribution in [2.75, 3.05) is 20.1 Å². The fraction of sp³-hybridized carbons (Fsp3) is 0.389. The molecule has 1 aromatic heterocycles. The molecule has 3 nitrogen and oxygen atoms in total. The molecule has 1 unspecified atom stereocenters. The van der Waals surface area contributed by atoms with Gasteiger partial charge in [-0.3, -0.25) is 4.98 Å². The first-order valence-electron chi connectivity index (χ1n) is 7.48. The molecule has 0 radical (unpaired) electrons. The van der Waals surface area contributed by atoms with Crippen LogP contribution >= 0.6 is 0 Å². The molecule has 0 amide bonds. The van der Waals surface area contributed by atoms with E-state index in [1.807, 2.05) is 42.6 Å². The number of likely N-dealkylation sites (N-methyl/N-ethyl adjacent to an activating group) is 1. The van der Waals surface area contributed by atoms with Gasteiger partial charge in [-0.15, -0.1) is 0 Å². The van der Waals surface area contributed by atoms with Gasteiger partial charge in [0.25, 0.3) is 0 Å². The van der Waals surface area contributed by atoms with Gasteiger partial charge in [0.15, 0.2) is 0 Å². The van der Waals surface area contributed by atoms with E-state index in [-0.39, 0.29) is 6.10 Å². The molecule has 1 N–H and O–H groups in total. The minimum atomic E-state index is -0.386. The van der Waals surface area contributed by atoms with Gasteiger partial charge in [-0.05, 0) is 38.1 Å². The molecule has 0 fully saturated rings. The highest BCUT2D eigenvalue weighted by Crippen LogP contribution is 2.17. The third kappa shape index (κ3) is 5.29. The summed E-state index contributed by atoms with van der Waals surface area (Å²) in [5.41, 5.74) is 3.33. The van der Waals surface area contributed by atoms with Gasteiger partial charge in [0.2, 0.25) is 0 Å². The van der Waals surface area contributed by atoms with Gasteiger partial charge in [-0.2, -0.15) is 0 Å². The molecule has 0 saturated heterocycles. The Bertz CT molecular complexity index is 525. The van der Waals surface area contributed by atoms with E-state index in [1.54, 1.807) is 0 Å². The quantitative estimate of drug-likeness (QED) is 0.849. The van der Waals surface area contributed by atoms with Crippen molar-refractivity contribution in [2.45, 2.75) is 25.9 Å². The number of rotatable bonds is 7. The summed E-state index contributed by atoms with van der Waals surface area (Å²) in [5.74, 6) is 0. The van der Waals surface area contributed by atoms with Gasteiger partial charge in [0.1, 0.15) is 0 Å². The van der Waals surface area contributed by atoms with Gasteiger partial charge in [-0.25, -0.2) is 0 Å².